The Kier molecular flexibility index (Phi) is 6.89. The second-order valence-corrected chi connectivity index (χ2v) is 4.23. The van der Waals surface area contributed by atoms with Crippen molar-refractivity contribution in [3.8, 4) is 5.75 Å². The lowest BCUT2D eigenvalue weighted by Gasteiger charge is -2.09. The molecular weight excluding hydrogens is 249 g/mol. The van der Waals surface area contributed by atoms with Crippen LogP contribution in [0.5, 0.6) is 5.75 Å². The van der Waals surface area contributed by atoms with E-state index in [4.69, 9.17) is 4.74 Å². The zero-order valence-corrected chi connectivity index (χ0v) is 11.1. The Balaban J connectivity index is 2.15. The van der Waals surface area contributed by atoms with Crippen molar-refractivity contribution in [1.29, 1.82) is 0 Å². The number of ether oxygens (including phenoxy) is 1. The van der Waals surface area contributed by atoms with Crippen molar-refractivity contribution >= 4 is 5.91 Å². The molecule has 1 amide bonds. The Bertz CT molecular complexity index is 398. The van der Waals surface area contributed by atoms with Crippen LogP contribution in [0.3, 0.4) is 0 Å². The molecule has 2 N–H and O–H groups in total. The first-order valence-electron chi connectivity index (χ1n) is 6.45. The fraction of sp³-hybridized carbons (Fsp3) is 0.500. The fourth-order valence-electron chi connectivity index (χ4n) is 1.49. The summed E-state index contributed by atoms with van der Waals surface area (Å²) in [5.74, 6) is -0.453. The molecule has 106 valence electrons. The van der Waals surface area contributed by atoms with Crippen molar-refractivity contribution in [2.24, 2.45) is 0 Å². The second kappa shape index (κ2) is 8.48. The lowest BCUT2D eigenvalue weighted by atomic mass is 10.2. The molecule has 0 heterocycles. The van der Waals surface area contributed by atoms with E-state index >= 15 is 0 Å². The highest BCUT2D eigenvalue weighted by atomic mass is 19.1. The van der Waals surface area contributed by atoms with Crippen LogP contribution in [0.2, 0.25) is 0 Å². The molecule has 0 aliphatic rings. The van der Waals surface area contributed by atoms with E-state index in [9.17, 15) is 14.3 Å². The van der Waals surface area contributed by atoms with E-state index in [1.807, 2.05) is 6.92 Å². The molecule has 0 aromatic heterocycles. The molecule has 0 bridgehead atoms. The van der Waals surface area contributed by atoms with Gasteiger partial charge in [-0.15, -0.1) is 0 Å². The van der Waals surface area contributed by atoms with Crippen LogP contribution in [-0.4, -0.2) is 30.3 Å². The number of amides is 1. The SMILES string of the molecule is CCC(O)CCNC(=O)CCOc1ccccc1F. The van der Waals surface area contributed by atoms with E-state index < -0.39 is 5.82 Å². The van der Waals surface area contributed by atoms with Gasteiger partial charge in [-0.3, -0.25) is 4.79 Å². The van der Waals surface area contributed by atoms with Crippen molar-refractivity contribution in [1.82, 2.24) is 5.32 Å². The first kappa shape index (κ1) is 15.4. The Morgan fingerprint density at radius 3 is 2.89 bits per heavy atom. The number of halogens is 1. The van der Waals surface area contributed by atoms with Crippen molar-refractivity contribution in [2.45, 2.75) is 32.3 Å². The molecule has 4 nitrogen and oxygen atoms in total. The van der Waals surface area contributed by atoms with Crippen molar-refractivity contribution in [3.63, 3.8) is 0 Å². The first-order valence-corrected chi connectivity index (χ1v) is 6.45. The number of hydrogen-bond acceptors (Lipinski definition) is 3. The number of para-hydroxylation sites is 1. The van der Waals surface area contributed by atoms with Gasteiger partial charge in [-0.2, -0.15) is 0 Å². The lowest BCUT2D eigenvalue weighted by Crippen LogP contribution is -2.28. The standard InChI is InChI=1S/C14H20FNO3/c1-2-11(17)7-9-16-14(18)8-10-19-13-6-4-3-5-12(13)15/h3-6,11,17H,2,7-10H2,1H3,(H,16,18). The minimum absolute atomic E-state index is 0.128. The van der Waals surface area contributed by atoms with Gasteiger partial charge in [0.1, 0.15) is 0 Å². The number of carbonyl (C=O) groups is 1. The molecule has 0 fully saturated rings. The topological polar surface area (TPSA) is 58.6 Å². The largest absolute Gasteiger partial charge is 0.490 e. The third kappa shape index (κ3) is 6.20. The summed E-state index contributed by atoms with van der Waals surface area (Å²) >= 11 is 0. The summed E-state index contributed by atoms with van der Waals surface area (Å²) in [6, 6.07) is 6.07. The average Bonchev–Trinajstić information content (AvgIpc) is 2.40. The highest BCUT2D eigenvalue weighted by Crippen LogP contribution is 2.15. The second-order valence-electron chi connectivity index (χ2n) is 4.23. The van der Waals surface area contributed by atoms with Gasteiger partial charge in [0, 0.05) is 6.54 Å². The van der Waals surface area contributed by atoms with E-state index in [-0.39, 0.29) is 30.8 Å². The van der Waals surface area contributed by atoms with E-state index in [2.05, 4.69) is 5.32 Å². The van der Waals surface area contributed by atoms with Crippen LogP contribution in [-0.2, 0) is 4.79 Å². The summed E-state index contributed by atoms with van der Waals surface area (Å²) in [5, 5.41) is 12.0. The van der Waals surface area contributed by atoms with Gasteiger partial charge in [0.2, 0.25) is 5.91 Å². The van der Waals surface area contributed by atoms with Crippen LogP contribution in [0, 0.1) is 5.82 Å². The Labute approximate surface area is 112 Å². The quantitative estimate of drug-likeness (QED) is 0.757. The molecule has 1 atom stereocenters. The van der Waals surface area contributed by atoms with E-state index in [1.165, 1.54) is 12.1 Å². The molecule has 5 heteroatoms. The van der Waals surface area contributed by atoms with Crippen LogP contribution in [0.1, 0.15) is 26.2 Å². The smallest absolute Gasteiger partial charge is 0.223 e. The van der Waals surface area contributed by atoms with Crippen LogP contribution in [0.15, 0.2) is 24.3 Å². The Morgan fingerprint density at radius 1 is 1.47 bits per heavy atom. The third-order valence-electron chi connectivity index (χ3n) is 2.69. The highest BCUT2D eigenvalue weighted by molar-refractivity contribution is 5.75. The van der Waals surface area contributed by atoms with Gasteiger partial charge < -0.3 is 15.2 Å². The van der Waals surface area contributed by atoms with E-state index in [1.54, 1.807) is 12.1 Å². The van der Waals surface area contributed by atoms with Gasteiger partial charge in [0.05, 0.1) is 19.1 Å². The molecule has 1 rings (SSSR count). The van der Waals surface area contributed by atoms with Crippen LogP contribution < -0.4 is 10.1 Å². The van der Waals surface area contributed by atoms with Crippen LogP contribution in [0.25, 0.3) is 0 Å². The lowest BCUT2D eigenvalue weighted by molar-refractivity contribution is -0.121. The minimum atomic E-state index is -0.436. The number of nitrogens with one attached hydrogen (secondary N) is 1. The molecule has 1 aromatic carbocycles. The number of aliphatic hydroxyl groups is 1. The number of aliphatic hydroxyl groups excluding tert-OH is 1. The predicted octanol–water partition coefficient (Wildman–Crippen LogP) is 1.87. The van der Waals surface area contributed by atoms with E-state index in [0.29, 0.717) is 19.4 Å². The molecule has 1 unspecified atom stereocenters. The van der Waals surface area contributed by atoms with Gasteiger partial charge in [0.15, 0.2) is 11.6 Å². The number of benzene rings is 1. The van der Waals surface area contributed by atoms with E-state index in [0.717, 1.165) is 0 Å². The summed E-state index contributed by atoms with van der Waals surface area (Å²) < 4.78 is 18.4. The molecule has 0 aliphatic heterocycles. The summed E-state index contributed by atoms with van der Waals surface area (Å²) in [7, 11) is 0. The average molecular weight is 269 g/mol. The van der Waals surface area contributed by atoms with Gasteiger partial charge in [-0.25, -0.2) is 4.39 Å². The van der Waals surface area contributed by atoms with Gasteiger partial charge in [0.25, 0.3) is 0 Å². The molecule has 1 aromatic rings. The summed E-state index contributed by atoms with van der Waals surface area (Å²) in [6.07, 6.45) is 0.995. The fourth-order valence-corrected chi connectivity index (χ4v) is 1.49. The zero-order chi connectivity index (χ0) is 14.1. The Hall–Kier alpha value is -1.62. The van der Waals surface area contributed by atoms with Crippen LogP contribution >= 0.6 is 0 Å². The molecule has 0 saturated heterocycles. The van der Waals surface area contributed by atoms with Gasteiger partial charge in [-0.05, 0) is 25.0 Å². The highest BCUT2D eigenvalue weighted by Gasteiger charge is 2.05. The number of carbonyl (C=O) groups excluding carboxylic acids is 1. The summed E-state index contributed by atoms with van der Waals surface area (Å²) in [6.45, 7) is 2.45. The first-order chi connectivity index (χ1) is 9.13. The molecule has 0 radical (unpaired) electrons. The predicted molar refractivity (Wildman–Crippen MR) is 70.4 cm³/mol. The number of hydrogen-bond donors (Lipinski definition) is 2. The third-order valence-corrected chi connectivity index (χ3v) is 2.69. The molecule has 0 saturated carbocycles. The van der Waals surface area contributed by atoms with Gasteiger partial charge >= 0.3 is 0 Å². The Morgan fingerprint density at radius 2 is 2.21 bits per heavy atom. The summed E-state index contributed by atoms with van der Waals surface area (Å²) in [5.41, 5.74) is 0. The minimum Gasteiger partial charge on any atom is -0.490 e. The van der Waals surface area contributed by atoms with Gasteiger partial charge in [-0.1, -0.05) is 19.1 Å². The molecule has 19 heavy (non-hydrogen) atoms. The van der Waals surface area contributed by atoms with Crippen molar-refractivity contribution in [3.05, 3.63) is 30.1 Å². The molecule has 0 aliphatic carbocycles. The maximum atomic E-state index is 13.2. The zero-order valence-electron chi connectivity index (χ0n) is 11.1. The van der Waals surface area contributed by atoms with Crippen LogP contribution in [0.4, 0.5) is 4.39 Å². The molecular formula is C14H20FNO3. The maximum Gasteiger partial charge on any atom is 0.223 e. The normalized spacial score (nSPS) is 11.9. The van der Waals surface area contributed by atoms with Crippen molar-refractivity contribution < 1.29 is 19.0 Å². The summed E-state index contributed by atoms with van der Waals surface area (Å²) in [4.78, 5) is 11.4. The number of rotatable bonds is 8. The molecule has 0 spiro atoms. The monoisotopic (exact) mass is 269 g/mol. The van der Waals surface area contributed by atoms with Crippen molar-refractivity contribution in [2.75, 3.05) is 13.2 Å². The maximum absolute atomic E-state index is 13.2.